The highest BCUT2D eigenvalue weighted by molar-refractivity contribution is 7.92. The van der Waals surface area contributed by atoms with Gasteiger partial charge in [0.2, 0.25) is 15.9 Å². The Labute approximate surface area is 170 Å². The molecule has 8 nitrogen and oxygen atoms in total. The second-order valence-corrected chi connectivity index (χ2v) is 8.61. The molecule has 29 heavy (non-hydrogen) atoms. The maximum Gasteiger partial charge on any atom is 0.271 e. The molecule has 0 aliphatic heterocycles. The first-order valence-corrected chi connectivity index (χ1v) is 11.1. The van der Waals surface area contributed by atoms with Gasteiger partial charge in [0.15, 0.2) is 0 Å². The third-order valence-electron chi connectivity index (χ3n) is 4.62. The number of carbonyl (C=O) groups is 1. The third-order valence-corrected chi connectivity index (χ3v) is 5.75. The van der Waals surface area contributed by atoms with Gasteiger partial charge in [0.25, 0.3) is 5.69 Å². The summed E-state index contributed by atoms with van der Waals surface area (Å²) in [5.74, 6) is -0.517. The maximum atomic E-state index is 12.8. The van der Waals surface area contributed by atoms with Gasteiger partial charge in [-0.2, -0.15) is 0 Å². The monoisotopic (exact) mass is 419 g/mol. The summed E-state index contributed by atoms with van der Waals surface area (Å²) in [5, 5.41) is 13.9. The minimum atomic E-state index is -3.85. The largest absolute Gasteiger partial charge is 0.324 e. The summed E-state index contributed by atoms with van der Waals surface area (Å²) in [6.07, 6.45) is 2.39. The molecule has 0 bridgehead atoms. The fourth-order valence-electron chi connectivity index (χ4n) is 3.07. The predicted molar refractivity (Wildman–Crippen MR) is 114 cm³/mol. The summed E-state index contributed by atoms with van der Waals surface area (Å²) in [6, 6.07) is 9.67. The van der Waals surface area contributed by atoms with Gasteiger partial charge in [-0.05, 0) is 36.5 Å². The Morgan fingerprint density at radius 3 is 2.21 bits per heavy atom. The molecule has 0 fully saturated rings. The normalized spacial score (nSPS) is 11.2. The van der Waals surface area contributed by atoms with Crippen molar-refractivity contribution in [2.75, 3.05) is 22.4 Å². The molecule has 0 atom stereocenters. The lowest BCUT2D eigenvalue weighted by molar-refractivity contribution is -0.384. The van der Waals surface area contributed by atoms with Crippen molar-refractivity contribution in [2.45, 2.75) is 33.6 Å². The molecule has 1 N–H and O–H groups in total. The van der Waals surface area contributed by atoms with E-state index in [-0.39, 0.29) is 11.4 Å². The molecule has 2 rings (SSSR count). The average molecular weight is 420 g/mol. The van der Waals surface area contributed by atoms with Crippen molar-refractivity contribution < 1.29 is 18.1 Å². The summed E-state index contributed by atoms with van der Waals surface area (Å²) in [5.41, 5.74) is 2.97. The first kappa shape index (κ1) is 22.4. The number of para-hydroxylation sites is 1. The van der Waals surface area contributed by atoms with Crippen LogP contribution >= 0.6 is 0 Å². The molecule has 2 aromatic rings. The SMILES string of the molecule is CCc1cccc(CC)c1NC(=O)CN(c1cc([N+](=O)[O-])ccc1C)S(C)(=O)=O. The minimum Gasteiger partial charge on any atom is -0.324 e. The van der Waals surface area contributed by atoms with Gasteiger partial charge in [0.1, 0.15) is 6.54 Å². The van der Waals surface area contributed by atoms with Gasteiger partial charge >= 0.3 is 0 Å². The lowest BCUT2D eigenvalue weighted by Gasteiger charge is -2.24. The number of anilines is 2. The van der Waals surface area contributed by atoms with E-state index in [0.717, 1.165) is 21.7 Å². The molecule has 156 valence electrons. The molecule has 1 amide bonds. The van der Waals surface area contributed by atoms with E-state index in [9.17, 15) is 23.3 Å². The number of amides is 1. The van der Waals surface area contributed by atoms with Gasteiger partial charge in [0, 0.05) is 17.8 Å². The van der Waals surface area contributed by atoms with Crippen LogP contribution < -0.4 is 9.62 Å². The molecule has 2 aromatic carbocycles. The molecule has 0 radical (unpaired) electrons. The highest BCUT2D eigenvalue weighted by Crippen LogP contribution is 2.28. The van der Waals surface area contributed by atoms with Gasteiger partial charge in [-0.15, -0.1) is 0 Å². The van der Waals surface area contributed by atoms with Crippen LogP contribution in [0.4, 0.5) is 17.1 Å². The molecule has 0 spiro atoms. The summed E-state index contributed by atoms with van der Waals surface area (Å²) in [4.78, 5) is 23.3. The van der Waals surface area contributed by atoms with Crippen LogP contribution in [0.25, 0.3) is 0 Å². The Bertz CT molecular complexity index is 1010. The Morgan fingerprint density at radius 2 is 1.72 bits per heavy atom. The van der Waals surface area contributed by atoms with Crippen LogP contribution in [0.5, 0.6) is 0 Å². The molecular formula is C20H25N3O5S. The van der Waals surface area contributed by atoms with Crippen LogP contribution in [0.1, 0.15) is 30.5 Å². The van der Waals surface area contributed by atoms with Gasteiger partial charge in [-0.3, -0.25) is 19.2 Å². The van der Waals surface area contributed by atoms with E-state index < -0.39 is 27.4 Å². The highest BCUT2D eigenvalue weighted by Gasteiger charge is 2.25. The number of aryl methyl sites for hydroxylation is 3. The van der Waals surface area contributed by atoms with E-state index >= 15 is 0 Å². The zero-order chi connectivity index (χ0) is 21.8. The number of hydrogen-bond donors (Lipinski definition) is 1. The first-order valence-electron chi connectivity index (χ1n) is 9.21. The van der Waals surface area contributed by atoms with E-state index in [1.54, 1.807) is 6.92 Å². The quantitative estimate of drug-likeness (QED) is 0.521. The number of carbonyl (C=O) groups excluding carboxylic acids is 1. The zero-order valence-electron chi connectivity index (χ0n) is 16.9. The summed E-state index contributed by atoms with van der Waals surface area (Å²) in [7, 11) is -3.85. The third kappa shape index (κ3) is 5.32. The van der Waals surface area contributed by atoms with Crippen LogP contribution in [-0.2, 0) is 27.7 Å². The summed E-state index contributed by atoms with van der Waals surface area (Å²) in [6.45, 7) is 5.10. The molecule has 0 unspecified atom stereocenters. The fraction of sp³-hybridized carbons (Fsp3) is 0.350. The maximum absolute atomic E-state index is 12.8. The fourth-order valence-corrected chi connectivity index (χ4v) is 3.98. The molecule has 0 heterocycles. The topological polar surface area (TPSA) is 110 Å². The number of rotatable bonds is 8. The lowest BCUT2D eigenvalue weighted by Crippen LogP contribution is -2.38. The van der Waals surface area contributed by atoms with E-state index in [0.29, 0.717) is 24.1 Å². The van der Waals surface area contributed by atoms with Crippen LogP contribution in [0, 0.1) is 17.0 Å². The Morgan fingerprint density at radius 1 is 1.14 bits per heavy atom. The standard InChI is InChI=1S/C20H25N3O5S/c1-5-15-8-7-9-16(6-2)20(15)21-19(24)13-22(29(4,27)28)18-12-17(23(25)26)11-10-14(18)3/h7-12H,5-6,13H2,1-4H3,(H,21,24). The average Bonchev–Trinajstić information content (AvgIpc) is 2.65. The minimum absolute atomic E-state index is 0.108. The Hall–Kier alpha value is -2.94. The highest BCUT2D eigenvalue weighted by atomic mass is 32.2. The van der Waals surface area contributed by atoms with Crippen molar-refractivity contribution in [3.63, 3.8) is 0 Å². The smallest absolute Gasteiger partial charge is 0.271 e. The van der Waals surface area contributed by atoms with Crippen molar-refractivity contribution >= 4 is 33.0 Å². The number of benzene rings is 2. The number of nitro benzene ring substituents is 1. The molecule has 0 aliphatic carbocycles. The zero-order valence-corrected chi connectivity index (χ0v) is 17.7. The number of nitrogens with zero attached hydrogens (tertiary/aromatic N) is 2. The second kappa shape index (κ2) is 9.04. The van der Waals surface area contributed by atoms with Gasteiger partial charge in [0.05, 0.1) is 16.9 Å². The van der Waals surface area contributed by atoms with Crippen molar-refractivity contribution in [1.29, 1.82) is 0 Å². The van der Waals surface area contributed by atoms with Crippen molar-refractivity contribution in [1.82, 2.24) is 0 Å². The molecule has 0 aliphatic rings. The number of non-ortho nitro benzene ring substituents is 1. The lowest BCUT2D eigenvalue weighted by atomic mass is 10.0. The molecule has 0 aromatic heterocycles. The van der Waals surface area contributed by atoms with Crippen LogP contribution in [0.15, 0.2) is 36.4 Å². The van der Waals surface area contributed by atoms with Gasteiger partial charge in [-0.1, -0.05) is 38.1 Å². The van der Waals surface area contributed by atoms with E-state index in [4.69, 9.17) is 0 Å². The van der Waals surface area contributed by atoms with E-state index in [2.05, 4.69) is 5.32 Å². The summed E-state index contributed by atoms with van der Waals surface area (Å²) < 4.78 is 25.6. The predicted octanol–water partition coefficient (Wildman–Crippen LogP) is 3.43. The second-order valence-electron chi connectivity index (χ2n) is 6.70. The molecule has 0 saturated carbocycles. The van der Waals surface area contributed by atoms with Crippen LogP contribution in [-0.4, -0.2) is 32.0 Å². The molecule has 9 heteroatoms. The van der Waals surface area contributed by atoms with Crippen LogP contribution in [0.3, 0.4) is 0 Å². The van der Waals surface area contributed by atoms with Crippen molar-refractivity contribution in [3.05, 3.63) is 63.2 Å². The molecular weight excluding hydrogens is 394 g/mol. The Kier molecular flexibility index (Phi) is 6.97. The number of nitro groups is 1. The van der Waals surface area contributed by atoms with E-state index in [1.165, 1.54) is 18.2 Å². The number of sulfonamides is 1. The van der Waals surface area contributed by atoms with Gasteiger partial charge < -0.3 is 5.32 Å². The van der Waals surface area contributed by atoms with Crippen molar-refractivity contribution in [3.8, 4) is 0 Å². The van der Waals surface area contributed by atoms with Gasteiger partial charge in [-0.25, -0.2) is 8.42 Å². The Balaban J connectivity index is 2.40. The number of nitrogens with one attached hydrogen (secondary N) is 1. The summed E-state index contributed by atoms with van der Waals surface area (Å²) >= 11 is 0. The van der Waals surface area contributed by atoms with Crippen molar-refractivity contribution in [2.24, 2.45) is 0 Å². The molecule has 0 saturated heterocycles. The first-order chi connectivity index (χ1) is 13.6. The number of hydrogen-bond acceptors (Lipinski definition) is 5. The van der Waals surface area contributed by atoms with Crippen LogP contribution in [0.2, 0.25) is 0 Å². The van der Waals surface area contributed by atoms with E-state index in [1.807, 2.05) is 32.0 Å².